The highest BCUT2D eigenvalue weighted by atomic mass is 16.2. The third-order valence-electron chi connectivity index (χ3n) is 3.14. The van der Waals surface area contributed by atoms with Crippen molar-refractivity contribution in [2.75, 3.05) is 6.61 Å². The molecule has 3 heteroatoms. The Hall–Kier alpha value is -1.79. The molecule has 0 atom stereocenters. The molecule has 0 fully saturated rings. The number of aliphatic hydroxyl groups is 1. The van der Waals surface area contributed by atoms with Gasteiger partial charge in [-0.05, 0) is 51.0 Å². The minimum absolute atomic E-state index is 0.0529. The molecule has 0 saturated carbocycles. The maximum absolute atomic E-state index is 12.4. The van der Waals surface area contributed by atoms with E-state index in [1.165, 1.54) is 0 Å². The van der Waals surface area contributed by atoms with Gasteiger partial charge in [-0.1, -0.05) is 25.2 Å². The molecule has 1 amide bonds. The summed E-state index contributed by atoms with van der Waals surface area (Å²) in [6, 6.07) is 5.61. The molecule has 0 bridgehead atoms. The number of nitrogens with one attached hydrogen (secondary N) is 1. The molecule has 0 aromatic heterocycles. The monoisotopic (exact) mass is 287 g/mol. The number of rotatable bonds is 5. The molecular weight excluding hydrogens is 262 g/mol. The maximum Gasteiger partial charge on any atom is 0.251 e. The zero-order valence-corrected chi connectivity index (χ0v) is 13.4. The Morgan fingerprint density at radius 2 is 2.05 bits per heavy atom. The van der Waals surface area contributed by atoms with Crippen molar-refractivity contribution < 1.29 is 9.90 Å². The molecule has 3 nitrogen and oxygen atoms in total. The van der Waals surface area contributed by atoms with E-state index >= 15 is 0 Å². The number of aliphatic hydroxyl groups excluding tert-OH is 1. The second-order valence-electron chi connectivity index (χ2n) is 5.95. The van der Waals surface area contributed by atoms with Gasteiger partial charge >= 0.3 is 0 Å². The molecule has 0 saturated heterocycles. The molecule has 0 spiro atoms. The highest BCUT2D eigenvalue weighted by molar-refractivity contribution is 5.95. The molecule has 0 aliphatic rings. The van der Waals surface area contributed by atoms with Crippen LogP contribution in [0.25, 0.3) is 0 Å². The molecule has 0 unspecified atom stereocenters. The predicted octanol–water partition coefficient (Wildman–Crippen LogP) is 3.04. The Bertz CT molecular complexity index is 550. The fraction of sp³-hybridized carbons (Fsp3) is 0.500. The van der Waals surface area contributed by atoms with E-state index < -0.39 is 0 Å². The van der Waals surface area contributed by atoms with Crippen molar-refractivity contribution in [3.63, 3.8) is 0 Å². The van der Waals surface area contributed by atoms with Gasteiger partial charge in [0.05, 0.1) is 6.61 Å². The Morgan fingerprint density at radius 1 is 1.33 bits per heavy atom. The van der Waals surface area contributed by atoms with Crippen molar-refractivity contribution >= 4 is 5.91 Å². The van der Waals surface area contributed by atoms with E-state index in [1.54, 1.807) is 6.07 Å². The van der Waals surface area contributed by atoms with Crippen LogP contribution in [0.2, 0.25) is 0 Å². The van der Waals surface area contributed by atoms with Crippen LogP contribution in [-0.4, -0.2) is 23.2 Å². The molecular formula is C18H25NO2. The molecule has 1 aromatic rings. The average molecular weight is 287 g/mol. The summed E-state index contributed by atoms with van der Waals surface area (Å²) >= 11 is 0. The van der Waals surface area contributed by atoms with E-state index in [1.807, 2.05) is 32.9 Å². The first kappa shape index (κ1) is 17.3. The Labute approximate surface area is 127 Å². The fourth-order valence-corrected chi connectivity index (χ4v) is 2.27. The van der Waals surface area contributed by atoms with Gasteiger partial charge < -0.3 is 10.4 Å². The lowest BCUT2D eigenvalue weighted by molar-refractivity contribution is 0.0909. The average Bonchev–Trinajstić information content (AvgIpc) is 2.37. The number of carbonyl (C=O) groups is 1. The number of hydrogen-bond acceptors (Lipinski definition) is 2. The van der Waals surface area contributed by atoms with E-state index in [-0.39, 0.29) is 18.1 Å². The maximum atomic E-state index is 12.4. The molecule has 1 rings (SSSR count). The van der Waals surface area contributed by atoms with E-state index in [0.29, 0.717) is 12.0 Å². The summed E-state index contributed by atoms with van der Waals surface area (Å²) in [6.07, 6.45) is 2.41. The van der Waals surface area contributed by atoms with Crippen molar-refractivity contribution in [3.05, 3.63) is 34.9 Å². The Kier molecular flexibility index (Phi) is 6.45. The molecule has 0 aliphatic carbocycles. The van der Waals surface area contributed by atoms with E-state index in [4.69, 9.17) is 5.11 Å². The van der Waals surface area contributed by atoms with Crippen LogP contribution in [0, 0.1) is 18.8 Å². The van der Waals surface area contributed by atoms with E-state index in [9.17, 15) is 4.79 Å². The minimum Gasteiger partial charge on any atom is -0.395 e. The largest absolute Gasteiger partial charge is 0.395 e. The third-order valence-corrected chi connectivity index (χ3v) is 3.14. The number of carbonyl (C=O) groups excluding carboxylic acids is 1. The molecule has 2 N–H and O–H groups in total. The lowest BCUT2D eigenvalue weighted by Gasteiger charge is -2.25. The standard InChI is InChI=1S/C18H25NO2/c1-5-9-18(3,4)19-17(21)16-12-14(2)11-15(13-16)8-6-7-10-20/h11-13,20H,5,7,9-10H2,1-4H3,(H,19,21). The zero-order chi connectivity index (χ0) is 15.9. The second-order valence-corrected chi connectivity index (χ2v) is 5.95. The summed E-state index contributed by atoms with van der Waals surface area (Å²) in [5.41, 5.74) is 2.23. The molecule has 114 valence electrons. The number of benzene rings is 1. The van der Waals surface area contributed by atoms with Crippen LogP contribution in [-0.2, 0) is 0 Å². The molecule has 1 aromatic carbocycles. The summed E-state index contributed by atoms with van der Waals surface area (Å²) < 4.78 is 0. The van der Waals surface area contributed by atoms with Crippen LogP contribution < -0.4 is 5.32 Å². The summed E-state index contributed by atoms with van der Waals surface area (Å²) in [6.45, 7) is 8.18. The number of hydrogen-bond donors (Lipinski definition) is 2. The highest BCUT2D eigenvalue weighted by Crippen LogP contribution is 2.14. The van der Waals surface area contributed by atoms with Crippen molar-refractivity contribution in [3.8, 4) is 11.8 Å². The van der Waals surface area contributed by atoms with Gasteiger partial charge in [-0.15, -0.1) is 0 Å². The van der Waals surface area contributed by atoms with Crippen LogP contribution in [0.5, 0.6) is 0 Å². The van der Waals surface area contributed by atoms with Crippen LogP contribution >= 0.6 is 0 Å². The van der Waals surface area contributed by atoms with Gasteiger partial charge in [-0.3, -0.25) is 4.79 Å². The van der Waals surface area contributed by atoms with Crippen LogP contribution in [0.4, 0.5) is 0 Å². The van der Waals surface area contributed by atoms with Gasteiger partial charge in [0.15, 0.2) is 0 Å². The predicted molar refractivity (Wildman–Crippen MR) is 86.2 cm³/mol. The van der Waals surface area contributed by atoms with Crippen LogP contribution in [0.3, 0.4) is 0 Å². The van der Waals surface area contributed by atoms with Gasteiger partial charge in [0.1, 0.15) is 0 Å². The lowest BCUT2D eigenvalue weighted by Crippen LogP contribution is -2.43. The fourth-order valence-electron chi connectivity index (χ4n) is 2.27. The topological polar surface area (TPSA) is 49.3 Å². The van der Waals surface area contributed by atoms with Crippen molar-refractivity contribution in [2.45, 2.75) is 52.5 Å². The summed E-state index contributed by atoms with van der Waals surface area (Å²) in [5, 5.41) is 11.8. The van der Waals surface area contributed by atoms with Gasteiger partial charge in [0.25, 0.3) is 5.91 Å². The van der Waals surface area contributed by atoms with Gasteiger partial charge in [-0.25, -0.2) is 0 Å². The molecule has 21 heavy (non-hydrogen) atoms. The van der Waals surface area contributed by atoms with Crippen molar-refractivity contribution in [1.82, 2.24) is 5.32 Å². The van der Waals surface area contributed by atoms with Crippen LogP contribution in [0.1, 0.15) is 61.5 Å². The quantitative estimate of drug-likeness (QED) is 0.818. The minimum atomic E-state index is -0.210. The first-order chi connectivity index (χ1) is 9.88. The third kappa shape index (κ3) is 6.01. The van der Waals surface area contributed by atoms with E-state index in [2.05, 4.69) is 24.1 Å². The SMILES string of the molecule is CCCC(C)(C)NC(=O)c1cc(C)cc(C#CCCO)c1. The first-order valence-corrected chi connectivity index (χ1v) is 7.42. The van der Waals surface area contributed by atoms with Crippen LogP contribution in [0.15, 0.2) is 18.2 Å². The summed E-state index contributed by atoms with van der Waals surface area (Å²) in [4.78, 5) is 12.4. The highest BCUT2D eigenvalue weighted by Gasteiger charge is 2.20. The smallest absolute Gasteiger partial charge is 0.251 e. The molecule has 0 aliphatic heterocycles. The molecule has 0 radical (unpaired) electrons. The summed E-state index contributed by atoms with van der Waals surface area (Å²) in [7, 11) is 0. The Morgan fingerprint density at radius 3 is 2.67 bits per heavy atom. The first-order valence-electron chi connectivity index (χ1n) is 7.42. The van der Waals surface area contributed by atoms with Crippen molar-refractivity contribution in [1.29, 1.82) is 0 Å². The number of aryl methyl sites for hydroxylation is 1. The van der Waals surface area contributed by atoms with Gasteiger partial charge in [-0.2, -0.15) is 0 Å². The lowest BCUT2D eigenvalue weighted by atomic mass is 9.97. The summed E-state index contributed by atoms with van der Waals surface area (Å²) in [5.74, 6) is 5.79. The Balaban J connectivity index is 2.93. The van der Waals surface area contributed by atoms with Gasteiger partial charge in [0, 0.05) is 23.1 Å². The number of amides is 1. The zero-order valence-electron chi connectivity index (χ0n) is 13.4. The normalized spacial score (nSPS) is 10.7. The van der Waals surface area contributed by atoms with E-state index in [0.717, 1.165) is 24.0 Å². The van der Waals surface area contributed by atoms with Crippen molar-refractivity contribution in [2.24, 2.45) is 0 Å². The van der Waals surface area contributed by atoms with Gasteiger partial charge in [0.2, 0.25) is 0 Å². The molecule has 0 heterocycles. The second kappa shape index (κ2) is 7.85.